The predicted molar refractivity (Wildman–Crippen MR) is 101 cm³/mol. The third-order valence-corrected chi connectivity index (χ3v) is 4.51. The molecule has 0 bridgehead atoms. The van der Waals surface area contributed by atoms with Crippen molar-refractivity contribution >= 4 is 27.5 Å². The van der Waals surface area contributed by atoms with Gasteiger partial charge >= 0.3 is 0 Å². The Labute approximate surface area is 154 Å². The van der Waals surface area contributed by atoms with Crippen LogP contribution in [-0.2, 0) is 0 Å². The summed E-state index contributed by atoms with van der Waals surface area (Å²) in [6.45, 7) is 5.93. The number of benzene rings is 2. The van der Waals surface area contributed by atoms with E-state index in [4.69, 9.17) is 4.52 Å². The summed E-state index contributed by atoms with van der Waals surface area (Å²) in [6.07, 6.45) is 0. The number of hydrogen-bond donors (Lipinski definition) is 1. The van der Waals surface area contributed by atoms with Crippen molar-refractivity contribution in [2.75, 3.05) is 5.32 Å². The quantitative estimate of drug-likeness (QED) is 0.655. The zero-order valence-electron chi connectivity index (χ0n) is 14.2. The van der Waals surface area contributed by atoms with E-state index < -0.39 is 0 Å². The summed E-state index contributed by atoms with van der Waals surface area (Å²) in [7, 11) is 0. The average molecular weight is 400 g/mol. The SMILES string of the molecule is Cc1cccc(-c2nc(C(C)C)no2)c1NC(=O)c1ccccc1Br. The van der Waals surface area contributed by atoms with Gasteiger partial charge in [0.2, 0.25) is 0 Å². The second kappa shape index (κ2) is 7.19. The molecule has 0 fully saturated rings. The molecule has 0 saturated heterocycles. The van der Waals surface area contributed by atoms with Crippen LogP contribution in [0.15, 0.2) is 51.5 Å². The van der Waals surface area contributed by atoms with Crippen molar-refractivity contribution in [2.24, 2.45) is 0 Å². The molecule has 0 aliphatic heterocycles. The number of amides is 1. The molecule has 25 heavy (non-hydrogen) atoms. The van der Waals surface area contributed by atoms with Gasteiger partial charge < -0.3 is 9.84 Å². The van der Waals surface area contributed by atoms with E-state index in [9.17, 15) is 4.79 Å². The number of aryl methyl sites for hydroxylation is 1. The fraction of sp³-hybridized carbons (Fsp3) is 0.211. The van der Waals surface area contributed by atoms with E-state index in [0.717, 1.165) is 10.0 Å². The van der Waals surface area contributed by atoms with Crippen LogP contribution in [0.5, 0.6) is 0 Å². The average Bonchev–Trinajstić information content (AvgIpc) is 3.07. The molecule has 5 nitrogen and oxygen atoms in total. The molecule has 2 aromatic carbocycles. The molecule has 1 heterocycles. The normalized spacial score (nSPS) is 10.9. The molecule has 128 valence electrons. The van der Waals surface area contributed by atoms with Crippen molar-refractivity contribution in [3.05, 3.63) is 63.9 Å². The van der Waals surface area contributed by atoms with Crippen LogP contribution >= 0.6 is 15.9 Å². The standard InChI is InChI=1S/C19H18BrN3O2/c1-11(2)17-22-19(25-23-17)14-9-6-7-12(3)16(14)21-18(24)13-8-4-5-10-15(13)20/h4-11H,1-3H3,(H,21,24). The minimum atomic E-state index is -0.202. The summed E-state index contributed by atoms with van der Waals surface area (Å²) in [5.41, 5.74) is 2.86. The maximum atomic E-state index is 12.7. The molecule has 0 spiro atoms. The molecule has 0 saturated carbocycles. The molecule has 0 aliphatic carbocycles. The number of rotatable bonds is 4. The van der Waals surface area contributed by atoms with E-state index in [1.165, 1.54) is 0 Å². The number of halogens is 1. The number of hydrogen-bond acceptors (Lipinski definition) is 4. The smallest absolute Gasteiger partial charge is 0.260 e. The number of para-hydroxylation sites is 1. The Balaban J connectivity index is 1.99. The Kier molecular flexibility index (Phi) is 4.99. The predicted octanol–water partition coefficient (Wildman–Crippen LogP) is 5.18. The van der Waals surface area contributed by atoms with E-state index in [0.29, 0.717) is 28.5 Å². The van der Waals surface area contributed by atoms with Gasteiger partial charge in [0.15, 0.2) is 5.82 Å². The minimum absolute atomic E-state index is 0.167. The van der Waals surface area contributed by atoms with Crippen molar-refractivity contribution in [3.63, 3.8) is 0 Å². The first-order valence-electron chi connectivity index (χ1n) is 7.97. The van der Waals surface area contributed by atoms with E-state index in [1.807, 2.05) is 57.2 Å². The molecule has 3 aromatic rings. The number of carbonyl (C=O) groups is 1. The molecule has 6 heteroatoms. The molecule has 3 rings (SSSR count). The van der Waals surface area contributed by atoms with Gasteiger partial charge in [0, 0.05) is 10.4 Å². The lowest BCUT2D eigenvalue weighted by Crippen LogP contribution is -2.14. The Morgan fingerprint density at radius 2 is 1.92 bits per heavy atom. The van der Waals surface area contributed by atoms with E-state index >= 15 is 0 Å². The van der Waals surface area contributed by atoms with Crippen LogP contribution in [0, 0.1) is 6.92 Å². The Hall–Kier alpha value is -2.47. The Morgan fingerprint density at radius 1 is 1.16 bits per heavy atom. The van der Waals surface area contributed by atoms with Crippen LogP contribution in [0.3, 0.4) is 0 Å². The number of nitrogens with zero attached hydrogens (tertiary/aromatic N) is 2. The number of aromatic nitrogens is 2. The van der Waals surface area contributed by atoms with Crippen molar-refractivity contribution in [1.82, 2.24) is 10.1 Å². The van der Waals surface area contributed by atoms with Crippen molar-refractivity contribution < 1.29 is 9.32 Å². The molecule has 1 N–H and O–H groups in total. The summed E-state index contributed by atoms with van der Waals surface area (Å²) < 4.78 is 6.14. The summed E-state index contributed by atoms with van der Waals surface area (Å²) in [5, 5.41) is 6.98. The number of nitrogens with one attached hydrogen (secondary N) is 1. The van der Waals surface area contributed by atoms with Gasteiger partial charge in [-0.05, 0) is 46.6 Å². The van der Waals surface area contributed by atoms with Crippen LogP contribution in [0.4, 0.5) is 5.69 Å². The monoisotopic (exact) mass is 399 g/mol. The third kappa shape index (κ3) is 3.64. The van der Waals surface area contributed by atoms with Crippen molar-refractivity contribution in [3.8, 4) is 11.5 Å². The second-order valence-electron chi connectivity index (χ2n) is 6.04. The zero-order valence-corrected chi connectivity index (χ0v) is 15.8. The highest BCUT2D eigenvalue weighted by atomic mass is 79.9. The van der Waals surface area contributed by atoms with E-state index in [-0.39, 0.29) is 11.8 Å². The van der Waals surface area contributed by atoms with Gasteiger partial charge in [-0.15, -0.1) is 0 Å². The van der Waals surface area contributed by atoms with E-state index in [2.05, 4.69) is 31.4 Å². The topological polar surface area (TPSA) is 68.0 Å². The molecular formula is C19H18BrN3O2. The van der Waals surface area contributed by atoms with Gasteiger partial charge in [-0.2, -0.15) is 4.98 Å². The van der Waals surface area contributed by atoms with Gasteiger partial charge in [0.25, 0.3) is 11.8 Å². The van der Waals surface area contributed by atoms with Crippen LogP contribution in [-0.4, -0.2) is 16.0 Å². The van der Waals surface area contributed by atoms with Crippen LogP contribution in [0.1, 0.15) is 41.5 Å². The lowest BCUT2D eigenvalue weighted by Gasteiger charge is -2.12. The van der Waals surface area contributed by atoms with Gasteiger partial charge in [-0.25, -0.2) is 0 Å². The molecule has 1 amide bonds. The number of carbonyl (C=O) groups excluding carboxylic acids is 1. The molecular weight excluding hydrogens is 382 g/mol. The lowest BCUT2D eigenvalue weighted by atomic mass is 10.1. The van der Waals surface area contributed by atoms with Gasteiger partial charge in [-0.3, -0.25) is 4.79 Å². The molecule has 0 unspecified atom stereocenters. The van der Waals surface area contributed by atoms with Crippen molar-refractivity contribution in [2.45, 2.75) is 26.7 Å². The fourth-order valence-corrected chi connectivity index (χ4v) is 2.88. The van der Waals surface area contributed by atoms with Crippen molar-refractivity contribution in [1.29, 1.82) is 0 Å². The van der Waals surface area contributed by atoms with Crippen LogP contribution in [0.25, 0.3) is 11.5 Å². The molecule has 0 atom stereocenters. The first-order valence-corrected chi connectivity index (χ1v) is 8.76. The van der Waals surface area contributed by atoms with Crippen LogP contribution in [0.2, 0.25) is 0 Å². The van der Waals surface area contributed by atoms with E-state index in [1.54, 1.807) is 6.07 Å². The largest absolute Gasteiger partial charge is 0.334 e. The molecule has 1 aromatic heterocycles. The summed E-state index contributed by atoms with van der Waals surface area (Å²) in [5.74, 6) is 1.00. The zero-order chi connectivity index (χ0) is 18.0. The third-order valence-electron chi connectivity index (χ3n) is 3.82. The van der Waals surface area contributed by atoms with Crippen LogP contribution < -0.4 is 5.32 Å². The summed E-state index contributed by atoms with van der Waals surface area (Å²) in [6, 6.07) is 13.0. The summed E-state index contributed by atoms with van der Waals surface area (Å²) >= 11 is 3.41. The second-order valence-corrected chi connectivity index (χ2v) is 6.90. The lowest BCUT2D eigenvalue weighted by molar-refractivity contribution is 0.102. The fourth-order valence-electron chi connectivity index (χ4n) is 2.42. The van der Waals surface area contributed by atoms with Gasteiger partial charge in [-0.1, -0.05) is 43.3 Å². The minimum Gasteiger partial charge on any atom is -0.334 e. The van der Waals surface area contributed by atoms with Gasteiger partial charge in [0.1, 0.15) is 0 Å². The molecule has 0 radical (unpaired) electrons. The summed E-state index contributed by atoms with van der Waals surface area (Å²) in [4.78, 5) is 17.1. The first-order chi connectivity index (χ1) is 12.0. The highest BCUT2D eigenvalue weighted by molar-refractivity contribution is 9.10. The Morgan fingerprint density at radius 3 is 2.60 bits per heavy atom. The van der Waals surface area contributed by atoms with Gasteiger partial charge in [0.05, 0.1) is 16.8 Å². The Bertz CT molecular complexity index is 919. The maximum absolute atomic E-state index is 12.7. The highest BCUT2D eigenvalue weighted by Crippen LogP contribution is 2.31. The molecule has 0 aliphatic rings. The first kappa shape index (κ1) is 17.4. The maximum Gasteiger partial charge on any atom is 0.260 e. The number of anilines is 1. The highest BCUT2D eigenvalue weighted by Gasteiger charge is 2.18.